The average molecular weight is 351 g/mol. The Bertz CT molecular complexity index is 891. The minimum absolute atomic E-state index is 0.209. The molecule has 4 rings (SSSR count). The van der Waals surface area contributed by atoms with Gasteiger partial charge in [-0.15, -0.1) is 0 Å². The second-order valence-corrected chi connectivity index (χ2v) is 7.55. The summed E-state index contributed by atoms with van der Waals surface area (Å²) in [7, 11) is 0. The molecule has 2 atom stereocenters. The van der Waals surface area contributed by atoms with Crippen LogP contribution in [0.4, 0.5) is 5.82 Å². The number of aliphatic hydroxyl groups excluding tert-OH is 1. The smallest absolute Gasteiger partial charge is 0.181 e. The van der Waals surface area contributed by atoms with Gasteiger partial charge in [0.2, 0.25) is 0 Å². The Morgan fingerprint density at radius 2 is 2.15 bits per heavy atom. The van der Waals surface area contributed by atoms with Crippen LogP contribution in [0.5, 0.6) is 0 Å². The maximum absolute atomic E-state index is 10.3. The molecule has 0 amide bonds. The van der Waals surface area contributed by atoms with E-state index >= 15 is 0 Å². The second kappa shape index (κ2) is 7.03. The zero-order chi connectivity index (χ0) is 18.1. The lowest BCUT2D eigenvalue weighted by Crippen LogP contribution is -2.44. The van der Waals surface area contributed by atoms with Gasteiger partial charge in [-0.2, -0.15) is 5.10 Å². The number of anilines is 1. The van der Waals surface area contributed by atoms with E-state index in [1.54, 1.807) is 6.20 Å². The molecule has 136 valence electrons. The van der Waals surface area contributed by atoms with Crippen molar-refractivity contribution in [1.29, 1.82) is 0 Å². The maximum Gasteiger partial charge on any atom is 0.181 e. The predicted octanol–water partition coefficient (Wildman–Crippen LogP) is 3.25. The molecule has 1 aliphatic heterocycles. The number of hydrogen-bond acceptors (Lipinski definition) is 5. The summed E-state index contributed by atoms with van der Waals surface area (Å²) in [5.41, 5.74) is 2.46. The summed E-state index contributed by atoms with van der Waals surface area (Å²) in [6.45, 7) is 6.10. The summed E-state index contributed by atoms with van der Waals surface area (Å²) in [5.74, 6) is 1.83. The van der Waals surface area contributed by atoms with E-state index in [1.807, 2.05) is 30.3 Å². The molecule has 6 heteroatoms. The molecular formula is C20H25N5O. The van der Waals surface area contributed by atoms with Crippen molar-refractivity contribution in [2.75, 3.05) is 18.0 Å². The number of pyridine rings is 2. The molecule has 4 heterocycles. The van der Waals surface area contributed by atoms with Gasteiger partial charge in [0.15, 0.2) is 5.65 Å². The van der Waals surface area contributed by atoms with E-state index in [2.05, 4.69) is 33.9 Å². The van der Waals surface area contributed by atoms with Crippen LogP contribution in [-0.4, -0.2) is 44.5 Å². The zero-order valence-electron chi connectivity index (χ0n) is 15.3. The first-order valence-corrected chi connectivity index (χ1v) is 9.31. The molecular weight excluding hydrogens is 326 g/mol. The third kappa shape index (κ3) is 3.29. The van der Waals surface area contributed by atoms with Crippen molar-refractivity contribution >= 4 is 16.9 Å². The number of nitrogens with zero attached hydrogens (tertiary/aromatic N) is 4. The minimum Gasteiger partial charge on any atom is -0.393 e. The Kier molecular flexibility index (Phi) is 4.59. The molecule has 2 N–H and O–H groups in total. The molecule has 1 fully saturated rings. The van der Waals surface area contributed by atoms with Crippen LogP contribution in [-0.2, 0) is 0 Å². The summed E-state index contributed by atoms with van der Waals surface area (Å²) in [6.07, 6.45) is 3.36. The highest BCUT2D eigenvalue weighted by molar-refractivity contribution is 5.89. The third-order valence-electron chi connectivity index (χ3n) is 5.11. The minimum atomic E-state index is -0.209. The van der Waals surface area contributed by atoms with E-state index in [4.69, 9.17) is 4.98 Å². The van der Waals surface area contributed by atoms with E-state index < -0.39 is 0 Å². The number of fused-ring (bicyclic) bond motifs is 1. The molecule has 0 bridgehead atoms. The number of aromatic amines is 1. The summed E-state index contributed by atoms with van der Waals surface area (Å²) in [6, 6.07) is 9.99. The quantitative estimate of drug-likeness (QED) is 0.754. The number of piperidine rings is 1. The fraction of sp³-hybridized carbons (Fsp3) is 0.450. The normalized spacial score (nSPS) is 20.8. The fourth-order valence-electron chi connectivity index (χ4n) is 3.85. The lowest BCUT2D eigenvalue weighted by Gasteiger charge is -2.37. The van der Waals surface area contributed by atoms with Gasteiger partial charge in [-0.3, -0.25) is 5.10 Å². The second-order valence-electron chi connectivity index (χ2n) is 7.55. The van der Waals surface area contributed by atoms with E-state index in [9.17, 15) is 5.11 Å². The van der Waals surface area contributed by atoms with Gasteiger partial charge >= 0.3 is 0 Å². The zero-order valence-corrected chi connectivity index (χ0v) is 15.3. The van der Waals surface area contributed by atoms with Crippen molar-refractivity contribution in [3.8, 4) is 11.4 Å². The van der Waals surface area contributed by atoms with Crippen LogP contribution in [0.1, 0.15) is 26.7 Å². The molecule has 3 aromatic rings. The van der Waals surface area contributed by atoms with Crippen LogP contribution >= 0.6 is 0 Å². The van der Waals surface area contributed by atoms with E-state index in [0.717, 1.165) is 48.5 Å². The number of aromatic nitrogens is 4. The lowest BCUT2D eigenvalue weighted by atomic mass is 9.87. The number of rotatable bonds is 4. The first kappa shape index (κ1) is 17.0. The monoisotopic (exact) mass is 351 g/mol. The van der Waals surface area contributed by atoms with Gasteiger partial charge in [0.25, 0.3) is 0 Å². The third-order valence-corrected chi connectivity index (χ3v) is 5.11. The molecule has 0 saturated carbocycles. The van der Waals surface area contributed by atoms with Crippen LogP contribution in [0.3, 0.4) is 0 Å². The van der Waals surface area contributed by atoms with Crippen LogP contribution in [0, 0.1) is 11.8 Å². The SMILES string of the molecule is CC(C)C[C@H]1CN(c2cccc(-c3[nH]nc4ncccc34)n2)CC[C@H]1O. The summed E-state index contributed by atoms with van der Waals surface area (Å²) in [5, 5.41) is 18.7. The summed E-state index contributed by atoms with van der Waals surface area (Å²) >= 11 is 0. The molecule has 0 spiro atoms. The highest BCUT2D eigenvalue weighted by Crippen LogP contribution is 2.29. The van der Waals surface area contributed by atoms with Gasteiger partial charge in [-0.1, -0.05) is 19.9 Å². The van der Waals surface area contributed by atoms with Gasteiger partial charge in [0.1, 0.15) is 5.82 Å². The van der Waals surface area contributed by atoms with Gasteiger partial charge in [-0.25, -0.2) is 9.97 Å². The van der Waals surface area contributed by atoms with Gasteiger partial charge in [0, 0.05) is 30.6 Å². The van der Waals surface area contributed by atoms with Crippen molar-refractivity contribution in [1.82, 2.24) is 20.2 Å². The number of nitrogens with one attached hydrogen (secondary N) is 1. The van der Waals surface area contributed by atoms with Crippen molar-refractivity contribution in [3.05, 3.63) is 36.5 Å². The van der Waals surface area contributed by atoms with Crippen molar-refractivity contribution in [2.45, 2.75) is 32.8 Å². The number of H-pyrrole nitrogens is 1. The van der Waals surface area contributed by atoms with Crippen molar-refractivity contribution in [2.24, 2.45) is 11.8 Å². The van der Waals surface area contributed by atoms with Crippen LogP contribution in [0.15, 0.2) is 36.5 Å². The first-order valence-electron chi connectivity index (χ1n) is 9.31. The molecule has 0 aromatic carbocycles. The molecule has 1 aliphatic rings. The first-order chi connectivity index (χ1) is 12.6. The Morgan fingerprint density at radius 3 is 3.00 bits per heavy atom. The summed E-state index contributed by atoms with van der Waals surface area (Å²) < 4.78 is 0. The van der Waals surface area contributed by atoms with Crippen LogP contribution < -0.4 is 4.90 Å². The van der Waals surface area contributed by atoms with Crippen LogP contribution in [0.2, 0.25) is 0 Å². The lowest BCUT2D eigenvalue weighted by molar-refractivity contribution is 0.0764. The average Bonchev–Trinajstić information content (AvgIpc) is 3.07. The van der Waals surface area contributed by atoms with Crippen molar-refractivity contribution < 1.29 is 5.11 Å². The predicted molar refractivity (Wildman–Crippen MR) is 103 cm³/mol. The molecule has 26 heavy (non-hydrogen) atoms. The molecule has 1 saturated heterocycles. The van der Waals surface area contributed by atoms with Gasteiger partial charge < -0.3 is 10.0 Å². The number of hydrogen-bond donors (Lipinski definition) is 2. The summed E-state index contributed by atoms with van der Waals surface area (Å²) in [4.78, 5) is 11.4. The fourth-order valence-corrected chi connectivity index (χ4v) is 3.85. The molecule has 3 aromatic heterocycles. The Labute approximate surface area is 153 Å². The topological polar surface area (TPSA) is 77.9 Å². The molecule has 0 unspecified atom stereocenters. The van der Waals surface area contributed by atoms with E-state index in [0.29, 0.717) is 17.5 Å². The van der Waals surface area contributed by atoms with Gasteiger partial charge in [-0.05, 0) is 43.0 Å². The maximum atomic E-state index is 10.3. The largest absolute Gasteiger partial charge is 0.393 e. The van der Waals surface area contributed by atoms with E-state index in [-0.39, 0.29) is 6.10 Å². The highest BCUT2D eigenvalue weighted by atomic mass is 16.3. The van der Waals surface area contributed by atoms with Gasteiger partial charge in [0.05, 0.1) is 17.5 Å². The molecule has 0 aliphatic carbocycles. The number of aliphatic hydroxyl groups is 1. The highest BCUT2D eigenvalue weighted by Gasteiger charge is 2.29. The standard InChI is InChI=1S/C20H25N5O/c1-13(2)11-14-12-25(10-8-17(14)26)18-7-3-6-16(22-18)19-15-5-4-9-21-20(15)24-23-19/h3-7,9,13-14,17,26H,8,10-12H2,1-2H3,(H,21,23,24)/t14-,17+/m0/s1. The Balaban J connectivity index is 1.61. The van der Waals surface area contributed by atoms with Crippen molar-refractivity contribution in [3.63, 3.8) is 0 Å². The molecule has 6 nitrogen and oxygen atoms in total. The Morgan fingerprint density at radius 1 is 1.27 bits per heavy atom. The van der Waals surface area contributed by atoms with Crippen LogP contribution in [0.25, 0.3) is 22.4 Å². The molecule has 0 radical (unpaired) electrons. The Hall–Kier alpha value is -2.47. The van der Waals surface area contributed by atoms with E-state index in [1.165, 1.54) is 0 Å².